The fraction of sp³-hybridized carbons (Fsp3) is 0.500. The molecule has 1 aliphatic rings. The maximum atomic E-state index is 10.6. The second kappa shape index (κ2) is 8.12. The topological polar surface area (TPSA) is 84.3 Å². The molecule has 1 fully saturated rings. The van der Waals surface area contributed by atoms with E-state index >= 15 is 0 Å². The van der Waals surface area contributed by atoms with E-state index < -0.39 is 20.2 Å². The quantitative estimate of drug-likeness (QED) is 0.616. The minimum absolute atomic E-state index is 0.239. The first-order valence-electron chi connectivity index (χ1n) is 7.00. The SMILES string of the molecule is C[Si](C)(C)C#Cc1cc(OC2CNC2)ncn1.O=C(O)C(F)(F)F. The number of hydrogen-bond donors (Lipinski definition) is 2. The van der Waals surface area contributed by atoms with Gasteiger partial charge in [-0.05, 0) is 0 Å². The summed E-state index contributed by atoms with van der Waals surface area (Å²) >= 11 is 0. The molecule has 0 radical (unpaired) electrons. The van der Waals surface area contributed by atoms with Crippen LogP contribution in [0, 0.1) is 11.5 Å². The third kappa shape index (κ3) is 7.93. The summed E-state index contributed by atoms with van der Waals surface area (Å²) in [7, 11) is -1.36. The molecule has 0 aromatic carbocycles. The number of carboxylic acids is 1. The first-order valence-corrected chi connectivity index (χ1v) is 10.5. The number of carbonyl (C=O) groups is 1. The smallest absolute Gasteiger partial charge is 0.475 e. The van der Waals surface area contributed by atoms with Crippen LogP contribution in [-0.4, -0.2) is 54.5 Å². The Balaban J connectivity index is 0.000000351. The van der Waals surface area contributed by atoms with Crippen molar-refractivity contribution in [3.05, 3.63) is 18.1 Å². The van der Waals surface area contributed by atoms with Crippen LogP contribution in [0.1, 0.15) is 5.69 Å². The largest absolute Gasteiger partial charge is 0.490 e. The van der Waals surface area contributed by atoms with Crippen molar-refractivity contribution in [1.29, 1.82) is 0 Å². The van der Waals surface area contributed by atoms with Gasteiger partial charge in [-0.25, -0.2) is 14.8 Å². The lowest BCUT2D eigenvalue weighted by Gasteiger charge is -2.27. The Morgan fingerprint density at radius 2 is 1.96 bits per heavy atom. The van der Waals surface area contributed by atoms with Gasteiger partial charge >= 0.3 is 12.1 Å². The van der Waals surface area contributed by atoms with E-state index in [1.54, 1.807) is 0 Å². The summed E-state index contributed by atoms with van der Waals surface area (Å²) in [6.45, 7) is 8.40. The number of nitrogens with one attached hydrogen (secondary N) is 1. The Hall–Kier alpha value is -2.12. The van der Waals surface area contributed by atoms with Crippen molar-refractivity contribution in [2.24, 2.45) is 0 Å². The number of aliphatic carboxylic acids is 1. The molecular weight excluding hydrogens is 343 g/mol. The Bertz CT molecular complexity index is 632. The molecule has 24 heavy (non-hydrogen) atoms. The first-order chi connectivity index (χ1) is 11.0. The summed E-state index contributed by atoms with van der Waals surface area (Å²) in [4.78, 5) is 17.1. The lowest BCUT2D eigenvalue weighted by Crippen LogP contribution is -2.50. The van der Waals surface area contributed by atoms with Gasteiger partial charge in [0.05, 0.1) is 0 Å². The molecule has 0 saturated carbocycles. The Morgan fingerprint density at radius 3 is 2.38 bits per heavy atom. The van der Waals surface area contributed by atoms with Crippen molar-refractivity contribution in [3.63, 3.8) is 0 Å². The van der Waals surface area contributed by atoms with Crippen LogP contribution in [0.25, 0.3) is 0 Å². The number of ether oxygens (including phenoxy) is 1. The van der Waals surface area contributed by atoms with Crippen LogP contribution in [0.2, 0.25) is 19.6 Å². The van der Waals surface area contributed by atoms with E-state index in [9.17, 15) is 13.2 Å². The minimum atomic E-state index is -5.08. The number of alkyl halides is 3. The van der Waals surface area contributed by atoms with Crippen molar-refractivity contribution in [2.45, 2.75) is 31.9 Å². The van der Waals surface area contributed by atoms with E-state index in [0.717, 1.165) is 18.8 Å². The van der Waals surface area contributed by atoms with Crippen molar-refractivity contribution in [1.82, 2.24) is 15.3 Å². The Morgan fingerprint density at radius 1 is 1.38 bits per heavy atom. The van der Waals surface area contributed by atoms with E-state index in [-0.39, 0.29) is 6.10 Å². The zero-order chi connectivity index (χ0) is 18.4. The highest BCUT2D eigenvalue weighted by molar-refractivity contribution is 6.83. The summed E-state index contributed by atoms with van der Waals surface area (Å²) in [5, 5.41) is 10.3. The van der Waals surface area contributed by atoms with Crippen molar-refractivity contribution in [2.75, 3.05) is 13.1 Å². The van der Waals surface area contributed by atoms with Gasteiger partial charge in [-0.1, -0.05) is 25.6 Å². The molecule has 0 spiro atoms. The maximum Gasteiger partial charge on any atom is 0.490 e. The third-order valence-electron chi connectivity index (χ3n) is 2.48. The van der Waals surface area contributed by atoms with Gasteiger partial charge in [-0.15, -0.1) is 5.54 Å². The normalized spacial score (nSPS) is 14.4. The average Bonchev–Trinajstić information content (AvgIpc) is 2.40. The Kier molecular flexibility index (Phi) is 6.74. The van der Waals surface area contributed by atoms with Gasteiger partial charge in [-0.2, -0.15) is 13.2 Å². The highest BCUT2D eigenvalue weighted by Gasteiger charge is 2.38. The van der Waals surface area contributed by atoms with Gasteiger partial charge in [0, 0.05) is 19.2 Å². The number of halogens is 3. The van der Waals surface area contributed by atoms with E-state index in [2.05, 4.69) is 46.4 Å². The summed E-state index contributed by atoms with van der Waals surface area (Å²) in [6, 6.07) is 1.81. The predicted molar refractivity (Wildman–Crippen MR) is 83.2 cm³/mol. The predicted octanol–water partition coefficient (Wildman–Crippen LogP) is 1.69. The van der Waals surface area contributed by atoms with E-state index in [0.29, 0.717) is 5.88 Å². The first kappa shape index (κ1) is 19.9. The monoisotopic (exact) mass is 361 g/mol. The number of nitrogens with zero attached hydrogens (tertiary/aromatic N) is 2. The van der Waals surface area contributed by atoms with E-state index in [4.69, 9.17) is 14.6 Å². The van der Waals surface area contributed by atoms with Crippen molar-refractivity contribution in [3.8, 4) is 17.3 Å². The molecule has 0 bridgehead atoms. The van der Waals surface area contributed by atoms with Crippen molar-refractivity contribution >= 4 is 14.0 Å². The molecule has 132 valence electrons. The fourth-order valence-corrected chi connectivity index (χ4v) is 1.74. The highest BCUT2D eigenvalue weighted by atomic mass is 28.3. The molecule has 1 aromatic rings. The molecular formula is C14H18F3N3O3Si. The van der Waals surface area contributed by atoms with Crippen LogP contribution in [0.5, 0.6) is 5.88 Å². The van der Waals surface area contributed by atoms with Gasteiger partial charge in [0.2, 0.25) is 5.88 Å². The lowest BCUT2D eigenvalue weighted by atomic mass is 10.2. The second-order valence-electron chi connectivity index (χ2n) is 5.94. The molecule has 2 N–H and O–H groups in total. The molecule has 6 nitrogen and oxygen atoms in total. The average molecular weight is 361 g/mol. The number of aromatic nitrogens is 2. The lowest BCUT2D eigenvalue weighted by molar-refractivity contribution is -0.192. The molecule has 10 heteroatoms. The molecule has 0 aliphatic carbocycles. The molecule has 0 amide bonds. The third-order valence-corrected chi connectivity index (χ3v) is 3.36. The van der Waals surface area contributed by atoms with E-state index in [1.807, 2.05) is 6.07 Å². The summed E-state index contributed by atoms with van der Waals surface area (Å²) in [5.74, 6) is 0.959. The maximum absolute atomic E-state index is 10.6. The molecule has 1 saturated heterocycles. The van der Waals surface area contributed by atoms with Gasteiger partial charge in [0.15, 0.2) is 0 Å². The van der Waals surface area contributed by atoms with Crippen LogP contribution in [0.4, 0.5) is 13.2 Å². The van der Waals surface area contributed by atoms with Crippen LogP contribution in [0.3, 0.4) is 0 Å². The summed E-state index contributed by atoms with van der Waals surface area (Å²) in [5.41, 5.74) is 4.02. The summed E-state index contributed by atoms with van der Waals surface area (Å²) < 4.78 is 37.4. The summed E-state index contributed by atoms with van der Waals surface area (Å²) in [6.07, 6.45) is -3.34. The molecule has 1 aromatic heterocycles. The van der Waals surface area contributed by atoms with Crippen molar-refractivity contribution < 1.29 is 27.8 Å². The van der Waals surface area contributed by atoms with Crippen LogP contribution < -0.4 is 10.1 Å². The van der Waals surface area contributed by atoms with Crippen LogP contribution in [0.15, 0.2) is 12.4 Å². The zero-order valence-corrected chi connectivity index (χ0v) is 14.4. The fourth-order valence-electron chi connectivity index (χ4n) is 1.24. The molecule has 2 heterocycles. The highest BCUT2D eigenvalue weighted by Crippen LogP contribution is 2.13. The van der Waals surface area contributed by atoms with Crippen LogP contribution >= 0.6 is 0 Å². The van der Waals surface area contributed by atoms with Gasteiger partial charge in [-0.3, -0.25) is 0 Å². The second-order valence-corrected chi connectivity index (χ2v) is 10.7. The standard InChI is InChI=1S/C12H17N3OSi.C2HF3O2/c1-17(2,3)5-4-10-6-12(15-9-14-10)16-11-7-13-8-11;3-2(4,5)1(6)7/h6,9,11,13H,7-8H2,1-3H3;(H,6,7). The molecule has 1 aliphatic heterocycles. The molecule has 0 atom stereocenters. The van der Waals surface area contributed by atoms with Crippen LogP contribution in [-0.2, 0) is 4.79 Å². The molecule has 0 unspecified atom stereocenters. The Labute approximate surface area is 138 Å². The zero-order valence-electron chi connectivity index (χ0n) is 13.4. The number of rotatable bonds is 2. The number of hydrogen-bond acceptors (Lipinski definition) is 5. The molecule has 2 rings (SSSR count). The van der Waals surface area contributed by atoms with Gasteiger partial charge in [0.1, 0.15) is 26.2 Å². The minimum Gasteiger partial charge on any atom is -0.475 e. The van der Waals surface area contributed by atoms with Gasteiger partial charge in [0.25, 0.3) is 0 Å². The van der Waals surface area contributed by atoms with Gasteiger partial charge < -0.3 is 15.2 Å². The van der Waals surface area contributed by atoms with E-state index in [1.165, 1.54) is 6.33 Å². The number of carboxylic acid groups (broad SMARTS) is 1.